The molecule has 2 rings (SSSR count). The molecule has 1 amide bonds. The minimum atomic E-state index is 0.360. The normalized spacial score (nSPS) is 31.5. The van der Waals surface area contributed by atoms with Gasteiger partial charge in [-0.1, -0.05) is 0 Å². The van der Waals surface area contributed by atoms with Gasteiger partial charge in [-0.15, -0.1) is 0 Å². The van der Waals surface area contributed by atoms with Crippen LogP contribution in [-0.4, -0.2) is 61.5 Å². The number of nitrogens with one attached hydrogen (secondary N) is 1. The molecule has 0 bridgehead atoms. The Balaban J connectivity index is 1.79. The molecule has 0 aromatic carbocycles. The number of carbonyl (C=O) groups excluding carboxylic acids is 1. The number of hydrogen-bond acceptors (Lipinski definition) is 3. The molecule has 2 aliphatic heterocycles. The van der Waals surface area contributed by atoms with Gasteiger partial charge in [-0.2, -0.15) is 0 Å². The molecule has 0 aromatic rings. The molecule has 2 unspecified atom stereocenters. The van der Waals surface area contributed by atoms with Crippen molar-refractivity contribution in [1.29, 1.82) is 0 Å². The Labute approximate surface area is 104 Å². The quantitative estimate of drug-likeness (QED) is 0.764. The zero-order valence-corrected chi connectivity index (χ0v) is 11.1. The van der Waals surface area contributed by atoms with Crippen LogP contribution in [0.2, 0.25) is 0 Å². The van der Waals surface area contributed by atoms with Gasteiger partial charge in [0.25, 0.3) is 0 Å². The Morgan fingerprint density at radius 3 is 2.88 bits per heavy atom. The van der Waals surface area contributed by atoms with E-state index in [1.807, 2.05) is 4.90 Å². The molecule has 1 N–H and O–H groups in total. The monoisotopic (exact) mass is 239 g/mol. The Bertz CT molecular complexity index is 269. The lowest BCUT2D eigenvalue weighted by Crippen LogP contribution is -2.51. The average molecular weight is 239 g/mol. The van der Waals surface area contributed by atoms with E-state index in [0.717, 1.165) is 32.6 Å². The molecule has 2 atom stereocenters. The SMILES string of the molecule is CC1CN(C(=O)CC2CCCN(C)C2)CCN1. The molecular weight excluding hydrogens is 214 g/mol. The van der Waals surface area contributed by atoms with Crippen molar-refractivity contribution in [3.05, 3.63) is 0 Å². The summed E-state index contributed by atoms with van der Waals surface area (Å²) in [5, 5.41) is 3.38. The third-order valence-electron chi connectivity index (χ3n) is 3.91. The summed E-state index contributed by atoms with van der Waals surface area (Å²) in [7, 11) is 2.16. The van der Waals surface area contributed by atoms with Gasteiger partial charge in [0, 0.05) is 38.6 Å². The van der Waals surface area contributed by atoms with Crippen molar-refractivity contribution >= 4 is 5.91 Å². The smallest absolute Gasteiger partial charge is 0.222 e. The fourth-order valence-electron chi connectivity index (χ4n) is 2.97. The summed E-state index contributed by atoms with van der Waals surface area (Å²) in [6.45, 7) is 7.13. The predicted molar refractivity (Wildman–Crippen MR) is 68.9 cm³/mol. The molecule has 2 heterocycles. The Kier molecular flexibility index (Phi) is 4.40. The van der Waals surface area contributed by atoms with Gasteiger partial charge in [0.05, 0.1) is 0 Å². The maximum Gasteiger partial charge on any atom is 0.222 e. The van der Waals surface area contributed by atoms with Gasteiger partial charge in [-0.25, -0.2) is 0 Å². The van der Waals surface area contributed by atoms with Crippen LogP contribution < -0.4 is 5.32 Å². The van der Waals surface area contributed by atoms with Gasteiger partial charge < -0.3 is 15.1 Å². The Hall–Kier alpha value is -0.610. The Morgan fingerprint density at radius 2 is 2.18 bits per heavy atom. The molecule has 2 saturated heterocycles. The van der Waals surface area contributed by atoms with Crippen LogP contribution in [0.3, 0.4) is 0 Å². The van der Waals surface area contributed by atoms with Gasteiger partial charge in [0.1, 0.15) is 0 Å². The van der Waals surface area contributed by atoms with E-state index in [0.29, 0.717) is 17.9 Å². The number of hydrogen-bond donors (Lipinski definition) is 1. The highest BCUT2D eigenvalue weighted by molar-refractivity contribution is 5.76. The standard InChI is InChI=1S/C13H25N3O/c1-11-9-16(7-5-14-11)13(17)8-12-4-3-6-15(2)10-12/h11-12,14H,3-10H2,1-2H3. The third-order valence-corrected chi connectivity index (χ3v) is 3.91. The van der Waals surface area contributed by atoms with Gasteiger partial charge in [0.15, 0.2) is 0 Å². The van der Waals surface area contributed by atoms with Crippen LogP contribution in [0.1, 0.15) is 26.2 Å². The zero-order chi connectivity index (χ0) is 12.3. The van der Waals surface area contributed by atoms with Crippen molar-refractivity contribution in [3.8, 4) is 0 Å². The highest BCUT2D eigenvalue weighted by atomic mass is 16.2. The topological polar surface area (TPSA) is 35.6 Å². The summed E-state index contributed by atoms with van der Waals surface area (Å²) in [6, 6.07) is 0.446. The lowest BCUT2D eigenvalue weighted by molar-refractivity contribution is -0.133. The number of carbonyl (C=O) groups is 1. The molecule has 2 aliphatic rings. The molecule has 0 spiro atoms. The minimum absolute atomic E-state index is 0.360. The molecular formula is C13H25N3O. The van der Waals surface area contributed by atoms with Crippen molar-refractivity contribution in [1.82, 2.24) is 15.1 Å². The fraction of sp³-hybridized carbons (Fsp3) is 0.923. The summed E-state index contributed by atoms with van der Waals surface area (Å²) >= 11 is 0. The molecule has 2 fully saturated rings. The molecule has 98 valence electrons. The molecule has 0 saturated carbocycles. The van der Waals surface area contributed by atoms with Crippen molar-refractivity contribution in [2.24, 2.45) is 5.92 Å². The second kappa shape index (κ2) is 5.83. The van der Waals surface area contributed by atoms with E-state index in [4.69, 9.17) is 0 Å². The fourth-order valence-corrected chi connectivity index (χ4v) is 2.97. The molecule has 4 heteroatoms. The summed E-state index contributed by atoms with van der Waals surface area (Å²) < 4.78 is 0. The second-order valence-electron chi connectivity index (χ2n) is 5.67. The lowest BCUT2D eigenvalue weighted by atomic mass is 9.94. The van der Waals surface area contributed by atoms with Crippen molar-refractivity contribution in [2.75, 3.05) is 39.8 Å². The maximum atomic E-state index is 12.2. The highest BCUT2D eigenvalue weighted by Gasteiger charge is 2.25. The number of likely N-dealkylation sites (tertiary alicyclic amines) is 1. The van der Waals surface area contributed by atoms with E-state index in [1.165, 1.54) is 19.4 Å². The van der Waals surface area contributed by atoms with E-state index in [2.05, 4.69) is 24.2 Å². The maximum absolute atomic E-state index is 12.2. The summed E-state index contributed by atoms with van der Waals surface area (Å²) in [4.78, 5) is 16.6. The summed E-state index contributed by atoms with van der Waals surface area (Å²) in [5.74, 6) is 0.935. The molecule has 0 aliphatic carbocycles. The largest absolute Gasteiger partial charge is 0.340 e. The molecule has 0 aromatic heterocycles. The zero-order valence-electron chi connectivity index (χ0n) is 11.1. The van der Waals surface area contributed by atoms with Crippen molar-refractivity contribution in [3.63, 3.8) is 0 Å². The Morgan fingerprint density at radius 1 is 1.35 bits per heavy atom. The minimum Gasteiger partial charge on any atom is -0.340 e. The van der Waals surface area contributed by atoms with Gasteiger partial charge in [-0.3, -0.25) is 4.79 Å². The van der Waals surface area contributed by atoms with E-state index in [9.17, 15) is 4.79 Å². The van der Waals surface area contributed by atoms with E-state index < -0.39 is 0 Å². The first-order valence-electron chi connectivity index (χ1n) is 6.85. The number of rotatable bonds is 2. The van der Waals surface area contributed by atoms with Crippen LogP contribution in [0.15, 0.2) is 0 Å². The van der Waals surface area contributed by atoms with Crippen LogP contribution in [0.25, 0.3) is 0 Å². The van der Waals surface area contributed by atoms with E-state index in [1.54, 1.807) is 0 Å². The van der Waals surface area contributed by atoms with Crippen LogP contribution in [-0.2, 0) is 4.79 Å². The van der Waals surface area contributed by atoms with Gasteiger partial charge >= 0.3 is 0 Å². The molecule has 4 nitrogen and oxygen atoms in total. The van der Waals surface area contributed by atoms with Crippen LogP contribution in [0, 0.1) is 5.92 Å². The van der Waals surface area contributed by atoms with Crippen LogP contribution in [0.4, 0.5) is 0 Å². The van der Waals surface area contributed by atoms with E-state index in [-0.39, 0.29) is 0 Å². The first-order valence-corrected chi connectivity index (χ1v) is 6.85. The van der Waals surface area contributed by atoms with Gasteiger partial charge in [0.2, 0.25) is 5.91 Å². The molecule has 0 radical (unpaired) electrons. The first-order chi connectivity index (χ1) is 8.15. The number of piperazine rings is 1. The van der Waals surface area contributed by atoms with Gasteiger partial charge in [-0.05, 0) is 39.3 Å². The lowest BCUT2D eigenvalue weighted by Gasteiger charge is -2.34. The number of amides is 1. The molecule has 17 heavy (non-hydrogen) atoms. The second-order valence-corrected chi connectivity index (χ2v) is 5.67. The summed E-state index contributed by atoms with van der Waals surface area (Å²) in [6.07, 6.45) is 3.21. The summed E-state index contributed by atoms with van der Waals surface area (Å²) in [5.41, 5.74) is 0. The predicted octanol–water partition coefficient (Wildman–Crippen LogP) is 0.539. The highest BCUT2D eigenvalue weighted by Crippen LogP contribution is 2.19. The van der Waals surface area contributed by atoms with E-state index >= 15 is 0 Å². The number of nitrogens with zero attached hydrogens (tertiary/aromatic N) is 2. The average Bonchev–Trinajstić information content (AvgIpc) is 2.29. The third kappa shape index (κ3) is 3.68. The first kappa shape index (κ1) is 12.8. The van der Waals surface area contributed by atoms with Crippen LogP contribution >= 0.6 is 0 Å². The van der Waals surface area contributed by atoms with Crippen molar-refractivity contribution < 1.29 is 4.79 Å². The number of piperidine rings is 1. The van der Waals surface area contributed by atoms with Crippen LogP contribution in [0.5, 0.6) is 0 Å². The van der Waals surface area contributed by atoms with Crippen molar-refractivity contribution in [2.45, 2.75) is 32.2 Å².